The first-order valence-electron chi connectivity index (χ1n) is 11.6. The number of hydrogen-bond acceptors (Lipinski definition) is 4. The minimum Gasteiger partial charge on any atom is -0.486 e. The molecule has 0 N–H and O–H groups in total. The molecule has 4 aromatic rings. The Morgan fingerprint density at radius 2 is 1.97 bits per heavy atom. The number of para-hydroxylation sites is 2. The maximum absolute atomic E-state index is 14.0. The molecular weight excluding hydrogens is 432 g/mol. The molecule has 0 fully saturated rings. The van der Waals surface area contributed by atoms with Gasteiger partial charge in [0, 0.05) is 47.1 Å². The van der Waals surface area contributed by atoms with Crippen LogP contribution < -0.4 is 9.47 Å². The average molecular weight is 459 g/mol. The third kappa shape index (κ3) is 3.40. The molecule has 0 aliphatic carbocycles. The quantitative estimate of drug-likeness (QED) is 0.407. The van der Waals surface area contributed by atoms with E-state index in [9.17, 15) is 4.79 Å². The zero-order chi connectivity index (χ0) is 22.4. The first-order valence-corrected chi connectivity index (χ1v) is 12.4. The van der Waals surface area contributed by atoms with Gasteiger partial charge in [-0.1, -0.05) is 30.3 Å². The Hall–Kier alpha value is -3.25. The van der Waals surface area contributed by atoms with Crippen LogP contribution >= 0.6 is 11.3 Å². The second kappa shape index (κ2) is 8.27. The first-order chi connectivity index (χ1) is 16.2. The molecule has 33 heavy (non-hydrogen) atoms. The summed E-state index contributed by atoms with van der Waals surface area (Å²) in [5.41, 5.74) is 4.34. The lowest BCUT2D eigenvalue weighted by molar-refractivity contribution is 0.0664. The Morgan fingerprint density at radius 3 is 2.88 bits per heavy atom. The summed E-state index contributed by atoms with van der Waals surface area (Å²) in [6.07, 6.45) is 3.62. The van der Waals surface area contributed by atoms with E-state index in [-0.39, 0.29) is 11.9 Å². The maximum atomic E-state index is 14.0. The van der Waals surface area contributed by atoms with E-state index in [1.54, 1.807) is 11.3 Å². The number of fused-ring (bicyclic) bond motifs is 3. The largest absolute Gasteiger partial charge is 0.486 e. The molecule has 2 aromatic carbocycles. The molecule has 1 atom stereocenters. The van der Waals surface area contributed by atoms with E-state index in [4.69, 9.17) is 9.47 Å². The van der Waals surface area contributed by atoms with Crippen molar-refractivity contribution in [3.05, 3.63) is 81.7 Å². The summed E-state index contributed by atoms with van der Waals surface area (Å²) in [7, 11) is 0. The Labute approximate surface area is 197 Å². The van der Waals surface area contributed by atoms with E-state index < -0.39 is 0 Å². The fourth-order valence-electron chi connectivity index (χ4n) is 5.17. The number of ether oxygens (including phenoxy) is 2. The summed E-state index contributed by atoms with van der Waals surface area (Å²) in [4.78, 5) is 17.4. The fourth-order valence-corrected chi connectivity index (χ4v) is 6.24. The van der Waals surface area contributed by atoms with Crippen LogP contribution in [0.1, 0.15) is 39.3 Å². The smallest absolute Gasteiger partial charge is 0.256 e. The lowest BCUT2D eigenvalue weighted by Crippen LogP contribution is -2.40. The van der Waals surface area contributed by atoms with Crippen LogP contribution in [0.2, 0.25) is 0 Å². The van der Waals surface area contributed by atoms with E-state index in [2.05, 4.69) is 46.0 Å². The molecule has 0 saturated carbocycles. The highest BCUT2D eigenvalue weighted by Crippen LogP contribution is 2.41. The number of aryl methyl sites for hydroxylation is 1. The minimum absolute atomic E-state index is 0.0259. The standard InChI is InChI=1S/C27H26N2O3S/c1-2-28-17-21(20-7-3-4-8-22(20)28)27(30)29-12-10-18-11-15-33-26(18)23(29)16-19-6-5-9-24-25(19)32-14-13-31-24/h3-9,11,15,17,23H,2,10,12-14,16H2,1H3. The van der Waals surface area contributed by atoms with Gasteiger partial charge in [0.1, 0.15) is 13.2 Å². The third-order valence-electron chi connectivity index (χ3n) is 6.76. The molecule has 0 radical (unpaired) electrons. The molecule has 2 aliphatic rings. The molecule has 6 rings (SSSR count). The van der Waals surface area contributed by atoms with Crippen LogP contribution in [0.5, 0.6) is 11.5 Å². The summed E-state index contributed by atoms with van der Waals surface area (Å²) in [6.45, 7) is 4.78. The van der Waals surface area contributed by atoms with Crippen molar-refractivity contribution in [1.82, 2.24) is 9.47 Å². The van der Waals surface area contributed by atoms with Crippen molar-refractivity contribution in [2.45, 2.75) is 32.4 Å². The Morgan fingerprint density at radius 1 is 1.09 bits per heavy atom. The summed E-state index contributed by atoms with van der Waals surface area (Å²) in [6, 6.07) is 16.4. The van der Waals surface area contributed by atoms with Crippen molar-refractivity contribution < 1.29 is 14.3 Å². The number of hydrogen-bond donors (Lipinski definition) is 0. The highest BCUT2D eigenvalue weighted by Gasteiger charge is 2.34. The second-order valence-corrected chi connectivity index (χ2v) is 9.51. The highest BCUT2D eigenvalue weighted by molar-refractivity contribution is 7.10. The van der Waals surface area contributed by atoms with Crippen molar-refractivity contribution in [2.75, 3.05) is 19.8 Å². The number of carbonyl (C=O) groups is 1. The van der Waals surface area contributed by atoms with Gasteiger partial charge in [0.15, 0.2) is 11.5 Å². The number of carbonyl (C=O) groups excluding carboxylic acids is 1. The zero-order valence-electron chi connectivity index (χ0n) is 18.6. The number of amides is 1. The Kier molecular flexibility index (Phi) is 5.10. The van der Waals surface area contributed by atoms with Crippen molar-refractivity contribution >= 4 is 28.1 Å². The summed E-state index contributed by atoms with van der Waals surface area (Å²) >= 11 is 1.75. The molecule has 0 bridgehead atoms. The monoisotopic (exact) mass is 458 g/mol. The van der Waals surface area contributed by atoms with E-state index in [1.165, 1.54) is 10.4 Å². The predicted molar refractivity (Wildman–Crippen MR) is 131 cm³/mol. The van der Waals surface area contributed by atoms with Gasteiger partial charge in [0.2, 0.25) is 0 Å². The van der Waals surface area contributed by atoms with Gasteiger partial charge in [-0.2, -0.15) is 0 Å². The van der Waals surface area contributed by atoms with Gasteiger partial charge in [-0.15, -0.1) is 11.3 Å². The zero-order valence-corrected chi connectivity index (χ0v) is 19.4. The summed E-state index contributed by atoms with van der Waals surface area (Å²) < 4.78 is 14.0. The van der Waals surface area contributed by atoms with Gasteiger partial charge >= 0.3 is 0 Å². The summed E-state index contributed by atoms with van der Waals surface area (Å²) in [5.74, 6) is 1.72. The Bertz CT molecular complexity index is 1340. The lowest BCUT2D eigenvalue weighted by atomic mass is 9.94. The SMILES string of the molecule is CCn1cc(C(=O)N2CCc3ccsc3C2Cc2cccc3c2OCCO3)c2ccccc21. The van der Waals surface area contributed by atoms with E-state index in [1.807, 2.05) is 30.5 Å². The van der Waals surface area contributed by atoms with Gasteiger partial charge in [-0.3, -0.25) is 4.79 Å². The number of benzene rings is 2. The normalized spacial score (nSPS) is 17.2. The molecule has 5 nitrogen and oxygen atoms in total. The minimum atomic E-state index is -0.0259. The molecular formula is C27H26N2O3S. The van der Waals surface area contributed by atoms with Crippen LogP contribution in [0.4, 0.5) is 0 Å². The van der Waals surface area contributed by atoms with Crippen molar-refractivity contribution in [3.63, 3.8) is 0 Å². The van der Waals surface area contributed by atoms with Crippen molar-refractivity contribution in [3.8, 4) is 11.5 Å². The first kappa shape index (κ1) is 20.4. The lowest BCUT2D eigenvalue weighted by Gasteiger charge is -2.36. The Balaban J connectivity index is 1.41. The number of aromatic nitrogens is 1. The van der Waals surface area contributed by atoms with Gasteiger partial charge in [0.25, 0.3) is 5.91 Å². The van der Waals surface area contributed by atoms with Gasteiger partial charge in [-0.05, 0) is 42.5 Å². The molecule has 0 saturated heterocycles. The fraction of sp³-hybridized carbons (Fsp3) is 0.296. The van der Waals surface area contributed by atoms with Crippen LogP contribution in [0, 0.1) is 0 Å². The van der Waals surface area contributed by atoms with Crippen LogP contribution in [0.15, 0.2) is 60.1 Å². The summed E-state index contributed by atoms with van der Waals surface area (Å²) in [5, 5.41) is 3.17. The van der Waals surface area contributed by atoms with E-state index >= 15 is 0 Å². The van der Waals surface area contributed by atoms with E-state index in [0.717, 1.165) is 46.5 Å². The predicted octanol–water partition coefficient (Wildman–Crippen LogP) is 5.48. The number of nitrogens with zero attached hydrogens (tertiary/aromatic N) is 2. The second-order valence-electron chi connectivity index (χ2n) is 8.57. The van der Waals surface area contributed by atoms with Crippen molar-refractivity contribution in [2.24, 2.45) is 0 Å². The molecule has 2 aliphatic heterocycles. The number of rotatable bonds is 4. The highest BCUT2D eigenvalue weighted by atomic mass is 32.1. The van der Waals surface area contributed by atoms with Crippen LogP contribution in [0.25, 0.3) is 10.9 Å². The van der Waals surface area contributed by atoms with Gasteiger partial charge < -0.3 is 18.9 Å². The maximum Gasteiger partial charge on any atom is 0.256 e. The molecule has 4 heterocycles. The average Bonchev–Trinajstić information content (AvgIpc) is 3.49. The van der Waals surface area contributed by atoms with Gasteiger partial charge in [0.05, 0.1) is 11.6 Å². The topological polar surface area (TPSA) is 43.7 Å². The molecule has 0 spiro atoms. The number of thiophene rings is 1. The molecule has 168 valence electrons. The van der Waals surface area contributed by atoms with Crippen LogP contribution in [-0.4, -0.2) is 35.1 Å². The van der Waals surface area contributed by atoms with E-state index in [0.29, 0.717) is 26.2 Å². The van der Waals surface area contributed by atoms with Gasteiger partial charge in [-0.25, -0.2) is 0 Å². The molecule has 6 heteroatoms. The molecule has 1 amide bonds. The molecule has 2 aromatic heterocycles. The molecule has 1 unspecified atom stereocenters. The van der Waals surface area contributed by atoms with Crippen LogP contribution in [-0.2, 0) is 19.4 Å². The third-order valence-corrected chi connectivity index (χ3v) is 7.82. The van der Waals surface area contributed by atoms with Crippen LogP contribution in [0.3, 0.4) is 0 Å². The van der Waals surface area contributed by atoms with Crippen molar-refractivity contribution in [1.29, 1.82) is 0 Å².